The van der Waals surface area contributed by atoms with E-state index in [4.69, 9.17) is 11.6 Å². The lowest BCUT2D eigenvalue weighted by Gasteiger charge is -2.17. The second kappa shape index (κ2) is 5.82. The first-order valence-electron chi connectivity index (χ1n) is 6.97. The molecule has 3 aromatic carbocycles. The first kappa shape index (κ1) is 14.6. The Balaban J connectivity index is 2.21. The molecule has 0 amide bonds. The molecular weight excluding hydrogens is 344 g/mol. The van der Waals surface area contributed by atoms with E-state index in [1.807, 2.05) is 12.1 Å². The van der Waals surface area contributed by atoms with Crippen molar-refractivity contribution in [1.29, 1.82) is 0 Å². The van der Waals surface area contributed by atoms with Crippen molar-refractivity contribution in [3.8, 4) is 0 Å². The molecular formula is C19H16BrCl. The van der Waals surface area contributed by atoms with E-state index in [-0.39, 0.29) is 4.83 Å². The van der Waals surface area contributed by atoms with E-state index in [0.717, 1.165) is 10.4 Å². The molecule has 21 heavy (non-hydrogen) atoms. The van der Waals surface area contributed by atoms with Crippen molar-refractivity contribution in [2.75, 3.05) is 0 Å². The van der Waals surface area contributed by atoms with Gasteiger partial charge in [-0.25, -0.2) is 0 Å². The van der Waals surface area contributed by atoms with Crippen LogP contribution in [0.1, 0.15) is 27.1 Å². The molecule has 0 nitrogen and oxygen atoms in total. The van der Waals surface area contributed by atoms with E-state index in [2.05, 4.69) is 72.2 Å². The molecule has 0 aliphatic carbocycles. The maximum atomic E-state index is 6.32. The standard InChI is InChI=1S/C19H16BrCl/c1-12-6-5-9-14(13(12)2)19(20)17-10-11-18(21)16-8-4-3-7-15(16)17/h3-11,19H,1-2H3. The van der Waals surface area contributed by atoms with E-state index >= 15 is 0 Å². The van der Waals surface area contributed by atoms with Gasteiger partial charge in [-0.1, -0.05) is 76.1 Å². The lowest BCUT2D eigenvalue weighted by molar-refractivity contribution is 1.14. The highest BCUT2D eigenvalue weighted by atomic mass is 79.9. The minimum atomic E-state index is 0.166. The van der Waals surface area contributed by atoms with Crippen LogP contribution < -0.4 is 0 Å². The van der Waals surface area contributed by atoms with E-state index < -0.39 is 0 Å². The highest BCUT2D eigenvalue weighted by molar-refractivity contribution is 9.09. The number of rotatable bonds is 2. The molecule has 0 aromatic heterocycles. The Bertz CT molecular complexity index is 808. The summed E-state index contributed by atoms with van der Waals surface area (Å²) in [5, 5.41) is 3.11. The summed E-state index contributed by atoms with van der Waals surface area (Å²) in [6.45, 7) is 4.33. The summed E-state index contributed by atoms with van der Waals surface area (Å²) in [7, 11) is 0. The number of halogens is 2. The monoisotopic (exact) mass is 358 g/mol. The van der Waals surface area contributed by atoms with Crippen molar-refractivity contribution >= 4 is 38.3 Å². The van der Waals surface area contributed by atoms with Gasteiger partial charge in [0, 0.05) is 10.4 Å². The Labute approximate surface area is 138 Å². The van der Waals surface area contributed by atoms with Crippen LogP contribution in [0.15, 0.2) is 54.6 Å². The third-order valence-electron chi connectivity index (χ3n) is 4.10. The fourth-order valence-corrected chi connectivity index (χ4v) is 3.85. The average Bonchev–Trinajstić information content (AvgIpc) is 2.50. The zero-order chi connectivity index (χ0) is 15.0. The number of aryl methyl sites for hydroxylation is 1. The minimum absolute atomic E-state index is 0.166. The van der Waals surface area contributed by atoms with Crippen LogP contribution in [0, 0.1) is 13.8 Å². The fraction of sp³-hybridized carbons (Fsp3) is 0.158. The predicted molar refractivity (Wildman–Crippen MR) is 95.6 cm³/mol. The number of hydrogen-bond donors (Lipinski definition) is 0. The predicted octanol–water partition coefficient (Wildman–Crippen LogP) is 6.59. The highest BCUT2D eigenvalue weighted by Crippen LogP contribution is 2.39. The summed E-state index contributed by atoms with van der Waals surface area (Å²) in [5.41, 5.74) is 5.21. The van der Waals surface area contributed by atoms with Gasteiger partial charge in [0.15, 0.2) is 0 Å². The van der Waals surface area contributed by atoms with Gasteiger partial charge in [0.25, 0.3) is 0 Å². The van der Waals surface area contributed by atoms with Gasteiger partial charge in [-0.3, -0.25) is 0 Å². The van der Waals surface area contributed by atoms with Gasteiger partial charge in [-0.05, 0) is 47.6 Å². The third-order valence-corrected chi connectivity index (χ3v) is 5.41. The van der Waals surface area contributed by atoms with Crippen LogP contribution >= 0.6 is 27.5 Å². The molecule has 106 valence electrons. The van der Waals surface area contributed by atoms with Crippen molar-refractivity contribution < 1.29 is 0 Å². The Kier molecular flexibility index (Phi) is 4.05. The van der Waals surface area contributed by atoms with Crippen molar-refractivity contribution in [1.82, 2.24) is 0 Å². The quantitative estimate of drug-likeness (QED) is 0.452. The summed E-state index contributed by atoms with van der Waals surface area (Å²) >= 11 is 10.2. The number of alkyl halides is 1. The van der Waals surface area contributed by atoms with Gasteiger partial charge >= 0.3 is 0 Å². The second-order valence-corrected chi connectivity index (χ2v) is 6.66. The van der Waals surface area contributed by atoms with Crippen molar-refractivity contribution in [2.45, 2.75) is 18.7 Å². The largest absolute Gasteiger partial charge is 0.0837 e. The Morgan fingerprint density at radius 1 is 0.810 bits per heavy atom. The lowest BCUT2D eigenvalue weighted by Crippen LogP contribution is -1.98. The lowest BCUT2D eigenvalue weighted by atomic mass is 9.94. The number of benzene rings is 3. The summed E-state index contributed by atoms with van der Waals surface area (Å²) in [5.74, 6) is 0. The van der Waals surface area contributed by atoms with Gasteiger partial charge in [-0.2, -0.15) is 0 Å². The molecule has 0 spiro atoms. The summed E-state index contributed by atoms with van der Waals surface area (Å²) in [6, 6.07) is 18.8. The maximum absolute atomic E-state index is 6.32. The SMILES string of the molecule is Cc1cccc(C(Br)c2ccc(Cl)c3ccccc23)c1C. The summed E-state index contributed by atoms with van der Waals surface area (Å²) in [6.07, 6.45) is 0. The molecule has 0 saturated heterocycles. The second-order valence-electron chi connectivity index (χ2n) is 5.33. The number of fused-ring (bicyclic) bond motifs is 1. The topological polar surface area (TPSA) is 0 Å². The molecule has 1 unspecified atom stereocenters. The van der Waals surface area contributed by atoms with Gasteiger partial charge < -0.3 is 0 Å². The number of hydrogen-bond acceptors (Lipinski definition) is 0. The molecule has 0 fully saturated rings. The van der Waals surface area contributed by atoms with Crippen LogP contribution in [0.4, 0.5) is 0 Å². The molecule has 0 N–H and O–H groups in total. The van der Waals surface area contributed by atoms with Crippen LogP contribution in [0.3, 0.4) is 0 Å². The highest BCUT2D eigenvalue weighted by Gasteiger charge is 2.16. The van der Waals surface area contributed by atoms with Crippen LogP contribution in [0.5, 0.6) is 0 Å². The third kappa shape index (κ3) is 2.61. The molecule has 0 radical (unpaired) electrons. The molecule has 0 heterocycles. The molecule has 0 aliphatic heterocycles. The van der Waals surface area contributed by atoms with Crippen molar-refractivity contribution in [3.63, 3.8) is 0 Å². The molecule has 0 aliphatic rings. The fourth-order valence-electron chi connectivity index (χ4n) is 2.72. The first-order chi connectivity index (χ1) is 10.1. The molecule has 3 rings (SSSR count). The van der Waals surface area contributed by atoms with Gasteiger partial charge in [0.05, 0.1) is 4.83 Å². The summed E-state index contributed by atoms with van der Waals surface area (Å²) in [4.78, 5) is 0.166. The van der Waals surface area contributed by atoms with Gasteiger partial charge in [0.2, 0.25) is 0 Å². The average molecular weight is 360 g/mol. The Morgan fingerprint density at radius 2 is 1.52 bits per heavy atom. The zero-order valence-electron chi connectivity index (χ0n) is 12.0. The normalized spacial score (nSPS) is 12.6. The molecule has 0 bridgehead atoms. The van der Waals surface area contributed by atoms with Crippen molar-refractivity contribution in [2.24, 2.45) is 0 Å². The molecule has 3 aromatic rings. The van der Waals surface area contributed by atoms with Gasteiger partial charge in [-0.15, -0.1) is 0 Å². The first-order valence-corrected chi connectivity index (χ1v) is 8.26. The summed E-state index contributed by atoms with van der Waals surface area (Å²) < 4.78 is 0. The van der Waals surface area contributed by atoms with E-state index in [0.29, 0.717) is 0 Å². The minimum Gasteiger partial charge on any atom is -0.0837 e. The van der Waals surface area contributed by atoms with E-state index in [9.17, 15) is 0 Å². The van der Waals surface area contributed by atoms with Crippen molar-refractivity contribution in [3.05, 3.63) is 81.9 Å². The molecule has 0 saturated carbocycles. The molecule has 2 heteroatoms. The van der Waals surface area contributed by atoms with E-state index in [1.165, 1.54) is 27.6 Å². The maximum Gasteiger partial charge on any atom is 0.0653 e. The van der Waals surface area contributed by atoms with Crippen LogP contribution in [0.2, 0.25) is 5.02 Å². The Morgan fingerprint density at radius 3 is 2.29 bits per heavy atom. The van der Waals surface area contributed by atoms with Gasteiger partial charge in [0.1, 0.15) is 0 Å². The van der Waals surface area contributed by atoms with E-state index in [1.54, 1.807) is 0 Å². The van der Waals surface area contributed by atoms with Crippen LogP contribution in [-0.2, 0) is 0 Å². The Hall–Kier alpha value is -1.31. The zero-order valence-corrected chi connectivity index (χ0v) is 14.4. The molecule has 1 atom stereocenters. The van der Waals surface area contributed by atoms with Crippen LogP contribution in [0.25, 0.3) is 10.8 Å². The van der Waals surface area contributed by atoms with Crippen LogP contribution in [-0.4, -0.2) is 0 Å². The smallest absolute Gasteiger partial charge is 0.0653 e.